The molecule has 1 fully saturated rings. The number of hydrogen-bond acceptors (Lipinski definition) is 6. The van der Waals surface area contributed by atoms with E-state index in [1.165, 1.54) is 53.4 Å². The summed E-state index contributed by atoms with van der Waals surface area (Å²) in [6, 6.07) is 20.6. The number of aliphatic imine (C=N–C) groups is 1. The van der Waals surface area contributed by atoms with Crippen LogP contribution in [-0.4, -0.2) is 50.3 Å². The molecule has 0 aliphatic carbocycles. The van der Waals surface area contributed by atoms with Gasteiger partial charge in [-0.3, -0.25) is 14.5 Å². The first-order valence-corrected chi connectivity index (χ1v) is 12.9. The fourth-order valence-electron chi connectivity index (χ4n) is 3.70. The van der Waals surface area contributed by atoms with Crippen LogP contribution in [-0.2, 0) is 16.0 Å². The van der Waals surface area contributed by atoms with Crippen LogP contribution >= 0.6 is 23.4 Å². The Morgan fingerprint density at radius 1 is 1.08 bits per heavy atom. The number of benzene rings is 3. The van der Waals surface area contributed by atoms with Crippen molar-refractivity contribution in [3.05, 3.63) is 90.0 Å². The average molecular weight is 574 g/mol. The van der Waals surface area contributed by atoms with Crippen LogP contribution in [0.15, 0.2) is 83.9 Å². The van der Waals surface area contributed by atoms with E-state index in [2.05, 4.69) is 15.0 Å². The minimum absolute atomic E-state index is 0.0740. The van der Waals surface area contributed by atoms with Gasteiger partial charge in [0.25, 0.3) is 0 Å². The van der Waals surface area contributed by atoms with Gasteiger partial charge in [-0.05, 0) is 60.5 Å². The monoisotopic (exact) mass is 573 g/mol. The topological polar surface area (TPSA) is 108 Å². The van der Waals surface area contributed by atoms with E-state index in [-0.39, 0.29) is 28.8 Å². The maximum atomic E-state index is 13.2. The zero-order valence-electron chi connectivity index (χ0n) is 20.2. The molecule has 1 aliphatic rings. The van der Waals surface area contributed by atoms with Crippen molar-refractivity contribution in [3.8, 4) is 5.75 Å². The second kappa shape index (κ2) is 12.3. The van der Waals surface area contributed by atoms with Gasteiger partial charge in [0.1, 0.15) is 11.0 Å². The number of carbonyl (C=O) groups excluding carboxylic acids is 2. The maximum absolute atomic E-state index is 13.2. The van der Waals surface area contributed by atoms with Crippen molar-refractivity contribution in [3.63, 3.8) is 0 Å². The van der Waals surface area contributed by atoms with Gasteiger partial charge in [-0.1, -0.05) is 42.1 Å². The standard InChI is InChI=1S/C27H22ClF2N3O5S/c28-27(29,30)38-21-12-10-20(11-13-21)32-26-33(15-14-17-4-2-1-3-5-17)23(34)16-22(39-26)24(35)31-19-8-6-18(7-9-19)25(36)37/h1-13,22H,14-16H2,(H,31,35)(H,36,37). The van der Waals surface area contributed by atoms with Gasteiger partial charge in [-0.15, -0.1) is 8.78 Å². The summed E-state index contributed by atoms with van der Waals surface area (Å²) >= 11 is 5.91. The van der Waals surface area contributed by atoms with Gasteiger partial charge in [0.05, 0.1) is 11.3 Å². The molecule has 3 aromatic carbocycles. The summed E-state index contributed by atoms with van der Waals surface area (Å²) in [6.07, 6.45) is 0.478. The van der Waals surface area contributed by atoms with Gasteiger partial charge < -0.3 is 15.2 Å². The maximum Gasteiger partial charge on any atom is 0.487 e. The lowest BCUT2D eigenvalue weighted by molar-refractivity contribution is -0.129. The first-order chi connectivity index (χ1) is 18.6. The fraction of sp³-hybridized carbons (Fsp3) is 0.185. The molecule has 1 heterocycles. The van der Waals surface area contributed by atoms with Crippen molar-refractivity contribution < 1.29 is 33.0 Å². The molecule has 8 nitrogen and oxygen atoms in total. The minimum Gasteiger partial charge on any atom is -0.478 e. The molecule has 0 radical (unpaired) electrons. The smallest absolute Gasteiger partial charge is 0.478 e. The number of nitrogens with one attached hydrogen (secondary N) is 1. The highest BCUT2D eigenvalue weighted by Crippen LogP contribution is 2.32. The van der Waals surface area contributed by atoms with Gasteiger partial charge in [-0.25, -0.2) is 9.79 Å². The van der Waals surface area contributed by atoms with E-state index in [1.807, 2.05) is 30.3 Å². The third kappa shape index (κ3) is 8.01. The number of aromatic carboxylic acids is 1. The number of carboxylic acid groups (broad SMARTS) is 1. The molecule has 12 heteroatoms. The Morgan fingerprint density at radius 3 is 2.36 bits per heavy atom. The minimum atomic E-state index is -3.86. The third-order valence-electron chi connectivity index (χ3n) is 5.59. The van der Waals surface area contributed by atoms with Crippen LogP contribution in [0.1, 0.15) is 22.3 Å². The molecule has 39 heavy (non-hydrogen) atoms. The Bertz CT molecular complexity index is 1370. The van der Waals surface area contributed by atoms with Crippen LogP contribution in [0.3, 0.4) is 0 Å². The largest absolute Gasteiger partial charge is 0.487 e. The van der Waals surface area contributed by atoms with E-state index in [4.69, 9.17) is 16.7 Å². The van der Waals surface area contributed by atoms with E-state index in [1.54, 1.807) is 0 Å². The van der Waals surface area contributed by atoms with Crippen LogP contribution < -0.4 is 10.1 Å². The second-order valence-corrected chi connectivity index (χ2v) is 10.0. The highest BCUT2D eigenvalue weighted by Gasteiger charge is 2.36. The Morgan fingerprint density at radius 2 is 1.74 bits per heavy atom. The molecule has 4 rings (SSSR count). The van der Waals surface area contributed by atoms with Gasteiger partial charge in [0, 0.05) is 30.3 Å². The Balaban J connectivity index is 1.54. The van der Waals surface area contributed by atoms with Crippen LogP contribution in [0.25, 0.3) is 0 Å². The molecule has 0 aromatic heterocycles. The average Bonchev–Trinajstić information content (AvgIpc) is 2.89. The molecular formula is C27H22ClF2N3O5S. The van der Waals surface area contributed by atoms with Crippen molar-refractivity contribution >= 4 is 57.7 Å². The van der Waals surface area contributed by atoms with Gasteiger partial charge >= 0.3 is 11.5 Å². The molecule has 1 atom stereocenters. The predicted molar refractivity (Wildman–Crippen MR) is 145 cm³/mol. The van der Waals surface area contributed by atoms with Gasteiger partial charge in [0.15, 0.2) is 5.17 Å². The summed E-state index contributed by atoms with van der Waals surface area (Å²) in [4.78, 5) is 43.3. The Hall–Kier alpha value is -3.96. The number of rotatable bonds is 9. The molecule has 2 N–H and O–H groups in total. The number of nitrogens with zero attached hydrogens (tertiary/aromatic N) is 2. The zero-order chi connectivity index (χ0) is 28.0. The number of carboxylic acids is 1. The number of amides is 2. The molecule has 202 valence electrons. The van der Waals surface area contributed by atoms with Crippen molar-refractivity contribution in [1.29, 1.82) is 0 Å². The molecule has 0 spiro atoms. The van der Waals surface area contributed by atoms with Crippen LogP contribution in [0.5, 0.6) is 5.75 Å². The third-order valence-corrected chi connectivity index (χ3v) is 6.86. The Kier molecular flexibility index (Phi) is 8.82. The van der Waals surface area contributed by atoms with E-state index in [0.29, 0.717) is 24.3 Å². The van der Waals surface area contributed by atoms with Crippen LogP contribution in [0.2, 0.25) is 0 Å². The summed E-state index contributed by atoms with van der Waals surface area (Å²) in [7, 11) is 0. The normalized spacial score (nSPS) is 16.7. The lowest BCUT2D eigenvalue weighted by Gasteiger charge is -2.32. The second-order valence-electron chi connectivity index (χ2n) is 8.40. The number of carbonyl (C=O) groups is 3. The van der Waals surface area contributed by atoms with E-state index < -0.39 is 22.7 Å². The summed E-state index contributed by atoms with van der Waals surface area (Å²) in [6.45, 7) is 0.319. The van der Waals surface area contributed by atoms with Gasteiger partial charge in [-0.2, -0.15) is 0 Å². The SMILES string of the molecule is O=C(O)c1ccc(NC(=O)C2CC(=O)N(CCc3ccccc3)C(=Nc3ccc(OC(F)(F)Cl)cc3)S2)cc1. The molecule has 2 amide bonds. The van der Waals surface area contributed by atoms with Gasteiger partial charge in [0.2, 0.25) is 11.8 Å². The molecule has 0 saturated carbocycles. The highest BCUT2D eigenvalue weighted by atomic mass is 35.5. The van der Waals surface area contributed by atoms with Crippen LogP contribution in [0, 0.1) is 0 Å². The van der Waals surface area contributed by atoms with E-state index >= 15 is 0 Å². The molecular weight excluding hydrogens is 552 g/mol. The summed E-state index contributed by atoms with van der Waals surface area (Å²) in [5, 5.41) is 11.2. The number of hydrogen-bond donors (Lipinski definition) is 2. The van der Waals surface area contributed by atoms with Crippen molar-refractivity contribution in [1.82, 2.24) is 4.90 Å². The van der Waals surface area contributed by atoms with Crippen molar-refractivity contribution in [2.24, 2.45) is 4.99 Å². The number of ether oxygens (including phenoxy) is 1. The number of alkyl halides is 3. The fourth-order valence-corrected chi connectivity index (χ4v) is 4.91. The quantitative estimate of drug-likeness (QED) is 0.315. The lowest BCUT2D eigenvalue weighted by atomic mass is 10.1. The van der Waals surface area contributed by atoms with Crippen molar-refractivity contribution in [2.75, 3.05) is 11.9 Å². The lowest BCUT2D eigenvalue weighted by Crippen LogP contribution is -2.46. The molecule has 1 unspecified atom stereocenters. The first kappa shape index (κ1) is 28.1. The molecule has 0 bridgehead atoms. The highest BCUT2D eigenvalue weighted by molar-refractivity contribution is 8.15. The van der Waals surface area contributed by atoms with Crippen molar-refractivity contribution in [2.45, 2.75) is 23.7 Å². The number of thioether (sulfide) groups is 1. The first-order valence-electron chi connectivity index (χ1n) is 11.7. The molecule has 3 aromatic rings. The number of anilines is 1. The number of amidine groups is 1. The summed E-state index contributed by atoms with van der Waals surface area (Å²) < 4.78 is 30.2. The van der Waals surface area contributed by atoms with E-state index in [9.17, 15) is 23.2 Å². The molecule has 1 saturated heterocycles. The summed E-state index contributed by atoms with van der Waals surface area (Å²) in [5.74, 6) is -2.00. The molecule has 1 aliphatic heterocycles. The van der Waals surface area contributed by atoms with E-state index in [0.717, 1.165) is 17.3 Å². The Labute approximate surface area is 231 Å². The number of halogens is 3. The summed E-state index contributed by atoms with van der Waals surface area (Å²) in [5.41, 5.74) is -2.03. The van der Waals surface area contributed by atoms with Crippen LogP contribution in [0.4, 0.5) is 20.2 Å². The zero-order valence-corrected chi connectivity index (χ0v) is 21.8. The predicted octanol–water partition coefficient (Wildman–Crippen LogP) is 5.76.